The van der Waals surface area contributed by atoms with E-state index < -0.39 is 0 Å². The van der Waals surface area contributed by atoms with Gasteiger partial charge in [-0.3, -0.25) is 0 Å². The van der Waals surface area contributed by atoms with Gasteiger partial charge >= 0.3 is 0 Å². The van der Waals surface area contributed by atoms with E-state index in [0.29, 0.717) is 0 Å². The Balaban J connectivity index is 1.23. The van der Waals surface area contributed by atoms with Gasteiger partial charge < -0.3 is 0 Å². The second kappa shape index (κ2) is 9.82. The summed E-state index contributed by atoms with van der Waals surface area (Å²) < 4.78 is 0. The Morgan fingerprint density at radius 2 is 1.29 bits per heavy atom. The number of rotatable bonds is 6. The van der Waals surface area contributed by atoms with Crippen molar-refractivity contribution in [2.75, 3.05) is 0 Å². The fourth-order valence-corrected chi connectivity index (χ4v) is 7.16. The molecule has 0 N–H and O–H groups in total. The minimum Gasteiger partial charge on any atom is -0.0654 e. The molecule has 3 saturated carbocycles. The first-order valence-electron chi connectivity index (χ1n) is 12.8. The first-order chi connectivity index (χ1) is 13.7. The third-order valence-electron chi connectivity index (χ3n) is 8.97. The molecule has 3 fully saturated rings. The molecule has 0 radical (unpaired) electrons. The Bertz CT molecular complexity index is 577. The lowest BCUT2D eigenvalue weighted by Gasteiger charge is -2.45. The van der Waals surface area contributed by atoms with Gasteiger partial charge in [0.05, 0.1) is 0 Å². The Labute approximate surface area is 174 Å². The van der Waals surface area contributed by atoms with Crippen LogP contribution in [0.1, 0.15) is 114 Å². The van der Waals surface area contributed by atoms with E-state index >= 15 is 0 Å². The van der Waals surface area contributed by atoms with E-state index in [1.807, 2.05) is 0 Å². The maximum absolute atomic E-state index is 2.39. The summed E-state index contributed by atoms with van der Waals surface area (Å²) in [6.45, 7) is 4.54. The Morgan fingerprint density at radius 3 is 2.00 bits per heavy atom. The van der Waals surface area contributed by atoms with Crippen molar-refractivity contribution in [2.24, 2.45) is 29.6 Å². The van der Waals surface area contributed by atoms with Gasteiger partial charge in [-0.1, -0.05) is 68.9 Å². The molecule has 3 aliphatic rings. The SMILES string of the molecule is CCCCCC1CCC2CC(C3CCC(c4ccc(C)cc4)CC3)CCC2C1. The summed E-state index contributed by atoms with van der Waals surface area (Å²) >= 11 is 0. The van der Waals surface area contributed by atoms with Crippen LogP contribution in [0.15, 0.2) is 24.3 Å². The third kappa shape index (κ3) is 5.03. The van der Waals surface area contributed by atoms with Crippen LogP contribution < -0.4 is 0 Å². The monoisotopic (exact) mass is 380 g/mol. The molecule has 0 heteroatoms. The predicted molar refractivity (Wildman–Crippen MR) is 122 cm³/mol. The summed E-state index contributed by atoms with van der Waals surface area (Å²) in [5.74, 6) is 6.22. The highest BCUT2D eigenvalue weighted by Crippen LogP contribution is 2.50. The maximum Gasteiger partial charge on any atom is -0.0162 e. The molecule has 4 rings (SSSR count). The summed E-state index contributed by atoms with van der Waals surface area (Å²) in [7, 11) is 0. The lowest BCUT2D eigenvalue weighted by molar-refractivity contribution is 0.0614. The molecular weight excluding hydrogens is 336 g/mol. The highest BCUT2D eigenvalue weighted by molar-refractivity contribution is 5.24. The van der Waals surface area contributed by atoms with E-state index in [4.69, 9.17) is 0 Å². The molecule has 4 atom stereocenters. The standard InChI is InChI=1S/C28H44/c1-3-4-5-6-22-9-12-28-20-27(18-17-26(28)19-22)25-15-13-24(14-16-25)23-10-7-21(2)8-11-23/h7-8,10-11,22,24-28H,3-6,9,12-20H2,1-2H3. The van der Waals surface area contributed by atoms with Crippen LogP contribution >= 0.6 is 0 Å². The first kappa shape index (κ1) is 20.5. The molecule has 0 aromatic heterocycles. The average molecular weight is 381 g/mol. The van der Waals surface area contributed by atoms with Gasteiger partial charge in [-0.2, -0.15) is 0 Å². The van der Waals surface area contributed by atoms with Crippen molar-refractivity contribution in [1.29, 1.82) is 0 Å². The molecule has 0 aliphatic heterocycles. The lowest BCUT2D eigenvalue weighted by atomic mass is 9.60. The number of aryl methyl sites for hydroxylation is 1. The van der Waals surface area contributed by atoms with Crippen molar-refractivity contribution in [3.8, 4) is 0 Å². The van der Waals surface area contributed by atoms with Gasteiger partial charge in [0.25, 0.3) is 0 Å². The van der Waals surface area contributed by atoms with Gasteiger partial charge in [-0.05, 0) is 106 Å². The average Bonchev–Trinajstić information content (AvgIpc) is 2.74. The van der Waals surface area contributed by atoms with Crippen molar-refractivity contribution < 1.29 is 0 Å². The van der Waals surface area contributed by atoms with Crippen LogP contribution in [-0.2, 0) is 0 Å². The van der Waals surface area contributed by atoms with Crippen molar-refractivity contribution in [1.82, 2.24) is 0 Å². The van der Waals surface area contributed by atoms with Crippen LogP contribution in [0.4, 0.5) is 0 Å². The fraction of sp³-hybridized carbons (Fsp3) is 0.786. The smallest absolute Gasteiger partial charge is 0.0162 e. The molecule has 156 valence electrons. The van der Waals surface area contributed by atoms with Crippen molar-refractivity contribution in [3.63, 3.8) is 0 Å². The van der Waals surface area contributed by atoms with Crippen LogP contribution in [0.2, 0.25) is 0 Å². The van der Waals surface area contributed by atoms with Gasteiger partial charge in [0, 0.05) is 0 Å². The molecule has 0 spiro atoms. The number of hydrogen-bond acceptors (Lipinski definition) is 0. The van der Waals surface area contributed by atoms with Crippen molar-refractivity contribution >= 4 is 0 Å². The van der Waals surface area contributed by atoms with E-state index in [1.54, 1.807) is 44.1 Å². The van der Waals surface area contributed by atoms with Gasteiger partial charge in [0.1, 0.15) is 0 Å². The Morgan fingerprint density at radius 1 is 0.679 bits per heavy atom. The van der Waals surface area contributed by atoms with E-state index in [2.05, 4.69) is 38.1 Å². The predicted octanol–water partition coefficient (Wildman–Crippen LogP) is 8.68. The quantitative estimate of drug-likeness (QED) is 0.433. The second-order valence-corrected chi connectivity index (χ2v) is 10.8. The maximum atomic E-state index is 2.39. The molecule has 0 amide bonds. The highest BCUT2D eigenvalue weighted by Gasteiger charge is 2.38. The molecule has 0 heterocycles. The molecule has 0 nitrogen and oxygen atoms in total. The fourth-order valence-electron chi connectivity index (χ4n) is 7.16. The first-order valence-corrected chi connectivity index (χ1v) is 12.8. The number of hydrogen-bond donors (Lipinski definition) is 0. The van der Waals surface area contributed by atoms with E-state index in [9.17, 15) is 0 Å². The zero-order valence-corrected chi connectivity index (χ0v) is 18.7. The van der Waals surface area contributed by atoms with Crippen LogP contribution in [0.3, 0.4) is 0 Å². The second-order valence-electron chi connectivity index (χ2n) is 10.8. The molecule has 4 unspecified atom stereocenters. The van der Waals surface area contributed by atoms with Gasteiger partial charge in [-0.15, -0.1) is 0 Å². The topological polar surface area (TPSA) is 0 Å². The Hall–Kier alpha value is -0.780. The third-order valence-corrected chi connectivity index (χ3v) is 8.97. The van der Waals surface area contributed by atoms with Crippen molar-refractivity contribution in [3.05, 3.63) is 35.4 Å². The zero-order chi connectivity index (χ0) is 19.3. The van der Waals surface area contributed by atoms with Gasteiger partial charge in [0.15, 0.2) is 0 Å². The molecule has 0 bridgehead atoms. The van der Waals surface area contributed by atoms with Crippen LogP contribution in [0.5, 0.6) is 0 Å². The summed E-state index contributed by atoms with van der Waals surface area (Å²) in [5, 5.41) is 0. The van der Waals surface area contributed by atoms with E-state index in [1.165, 1.54) is 56.9 Å². The minimum absolute atomic E-state index is 0.840. The van der Waals surface area contributed by atoms with E-state index in [-0.39, 0.29) is 0 Å². The van der Waals surface area contributed by atoms with Crippen LogP contribution in [0, 0.1) is 36.5 Å². The van der Waals surface area contributed by atoms with Crippen LogP contribution in [0.25, 0.3) is 0 Å². The summed E-state index contributed by atoms with van der Waals surface area (Å²) in [4.78, 5) is 0. The molecule has 3 aliphatic carbocycles. The molecule has 0 saturated heterocycles. The molecule has 1 aromatic rings. The molecule has 28 heavy (non-hydrogen) atoms. The summed E-state index contributed by atoms with van der Waals surface area (Å²) in [6, 6.07) is 9.40. The van der Waals surface area contributed by atoms with Crippen molar-refractivity contribution in [2.45, 2.75) is 110 Å². The number of unbranched alkanes of at least 4 members (excludes halogenated alkanes) is 2. The largest absolute Gasteiger partial charge is 0.0654 e. The summed E-state index contributed by atoms with van der Waals surface area (Å²) in [5.41, 5.74) is 3.00. The van der Waals surface area contributed by atoms with Gasteiger partial charge in [-0.25, -0.2) is 0 Å². The minimum atomic E-state index is 0.840. The lowest BCUT2D eigenvalue weighted by Crippen LogP contribution is -2.34. The number of benzene rings is 1. The highest BCUT2D eigenvalue weighted by atomic mass is 14.4. The van der Waals surface area contributed by atoms with Gasteiger partial charge in [0.2, 0.25) is 0 Å². The summed E-state index contributed by atoms with van der Waals surface area (Å²) in [6.07, 6.45) is 21.2. The molecule has 1 aromatic carbocycles. The Kier molecular flexibility index (Phi) is 7.18. The normalized spacial score (nSPS) is 36.1. The zero-order valence-electron chi connectivity index (χ0n) is 18.7. The van der Waals surface area contributed by atoms with E-state index in [0.717, 1.165) is 35.5 Å². The number of fused-ring (bicyclic) bond motifs is 1. The van der Waals surface area contributed by atoms with Crippen LogP contribution in [-0.4, -0.2) is 0 Å². The molecular formula is C28H44.